The molecule has 6 nitrogen and oxygen atoms in total. The number of anilines is 1. The third-order valence-corrected chi connectivity index (χ3v) is 5.71. The summed E-state index contributed by atoms with van der Waals surface area (Å²) in [7, 11) is 0. The molecule has 0 saturated heterocycles. The van der Waals surface area contributed by atoms with E-state index in [1.807, 2.05) is 11.8 Å². The van der Waals surface area contributed by atoms with Gasteiger partial charge in [-0.2, -0.15) is 16.9 Å². The molecular weight excluding hydrogens is 381 g/mol. The lowest BCUT2D eigenvalue weighted by Crippen LogP contribution is -2.16. The van der Waals surface area contributed by atoms with Crippen molar-refractivity contribution in [2.75, 3.05) is 17.9 Å². The van der Waals surface area contributed by atoms with Crippen molar-refractivity contribution in [2.45, 2.75) is 12.2 Å². The Morgan fingerprint density at radius 2 is 1.96 bits per heavy atom. The average molecular weight is 397 g/mol. The maximum atomic E-state index is 13.3. The molecule has 8 heteroatoms. The zero-order valence-corrected chi connectivity index (χ0v) is 15.6. The number of ether oxygens (including phenoxy) is 2. The van der Waals surface area contributed by atoms with Crippen molar-refractivity contribution in [3.8, 4) is 17.2 Å². The zero-order valence-electron chi connectivity index (χ0n) is 14.8. The van der Waals surface area contributed by atoms with Gasteiger partial charge in [-0.3, -0.25) is 4.79 Å². The van der Waals surface area contributed by atoms with Crippen LogP contribution in [-0.2, 0) is 12.2 Å². The van der Waals surface area contributed by atoms with Gasteiger partial charge in [0.2, 0.25) is 6.79 Å². The van der Waals surface area contributed by atoms with Crippen LogP contribution >= 0.6 is 11.8 Å². The van der Waals surface area contributed by atoms with Crippen LogP contribution in [0.15, 0.2) is 42.5 Å². The molecule has 0 spiro atoms. The first-order valence-corrected chi connectivity index (χ1v) is 10.00. The topological polar surface area (TPSA) is 65.4 Å². The summed E-state index contributed by atoms with van der Waals surface area (Å²) in [6, 6.07) is 11.2. The van der Waals surface area contributed by atoms with Gasteiger partial charge in [-0.15, -0.1) is 0 Å². The van der Waals surface area contributed by atoms with E-state index in [0.29, 0.717) is 28.6 Å². The molecule has 3 aromatic rings. The minimum Gasteiger partial charge on any atom is -0.454 e. The van der Waals surface area contributed by atoms with Crippen LogP contribution in [0.5, 0.6) is 11.5 Å². The smallest absolute Gasteiger partial charge is 0.256 e. The number of carbonyl (C=O) groups is 1. The maximum Gasteiger partial charge on any atom is 0.256 e. The second-order valence-electron chi connectivity index (χ2n) is 6.49. The molecule has 2 aromatic carbocycles. The van der Waals surface area contributed by atoms with E-state index in [9.17, 15) is 9.18 Å². The summed E-state index contributed by atoms with van der Waals surface area (Å²) in [4.78, 5) is 12.9. The van der Waals surface area contributed by atoms with E-state index in [-0.39, 0.29) is 18.5 Å². The van der Waals surface area contributed by atoms with Gasteiger partial charge < -0.3 is 14.8 Å². The van der Waals surface area contributed by atoms with E-state index in [4.69, 9.17) is 9.47 Å². The Hall–Kier alpha value is -3.00. The van der Waals surface area contributed by atoms with Crippen LogP contribution in [-0.4, -0.2) is 28.2 Å². The fraction of sp³-hybridized carbons (Fsp3) is 0.200. The van der Waals surface area contributed by atoms with Gasteiger partial charge in [-0.1, -0.05) is 0 Å². The van der Waals surface area contributed by atoms with Crippen molar-refractivity contribution in [1.29, 1.82) is 0 Å². The highest BCUT2D eigenvalue weighted by Gasteiger charge is 2.24. The highest BCUT2D eigenvalue weighted by Crippen LogP contribution is 2.34. The number of hydrogen-bond acceptors (Lipinski definition) is 5. The first kappa shape index (κ1) is 17.1. The summed E-state index contributed by atoms with van der Waals surface area (Å²) in [6.07, 6.45) is 0.817. The summed E-state index contributed by atoms with van der Waals surface area (Å²) < 4.78 is 25.7. The first-order chi connectivity index (χ1) is 13.7. The van der Waals surface area contributed by atoms with Gasteiger partial charge in [0, 0.05) is 16.9 Å². The SMILES string of the molecule is O=C(Nc1c2c(nn1-c1ccc(F)cc1)CSCC2)c1ccc2c(c1)OCO2. The van der Waals surface area contributed by atoms with Crippen molar-refractivity contribution < 1.29 is 18.7 Å². The van der Waals surface area contributed by atoms with E-state index in [0.717, 1.165) is 29.2 Å². The van der Waals surface area contributed by atoms with Crippen LogP contribution < -0.4 is 14.8 Å². The second kappa shape index (κ2) is 6.87. The van der Waals surface area contributed by atoms with Crippen molar-refractivity contribution in [2.24, 2.45) is 0 Å². The van der Waals surface area contributed by atoms with Crippen molar-refractivity contribution >= 4 is 23.5 Å². The molecule has 2 aliphatic heterocycles. The predicted molar refractivity (Wildman–Crippen MR) is 104 cm³/mol. The molecule has 1 N–H and O–H groups in total. The van der Waals surface area contributed by atoms with E-state index < -0.39 is 0 Å². The normalized spacial score (nSPS) is 14.6. The molecule has 142 valence electrons. The quantitative estimate of drug-likeness (QED) is 0.729. The fourth-order valence-corrected chi connectivity index (χ4v) is 4.25. The molecule has 1 aromatic heterocycles. The Labute approximate surface area is 164 Å². The summed E-state index contributed by atoms with van der Waals surface area (Å²) >= 11 is 1.81. The minimum absolute atomic E-state index is 0.156. The molecular formula is C20H16FN3O3S. The molecule has 0 radical (unpaired) electrons. The number of thioether (sulfide) groups is 1. The summed E-state index contributed by atoms with van der Waals surface area (Å²) in [5, 5.41) is 7.67. The van der Waals surface area contributed by atoms with E-state index >= 15 is 0 Å². The van der Waals surface area contributed by atoms with Gasteiger partial charge in [-0.25, -0.2) is 9.07 Å². The van der Waals surface area contributed by atoms with Gasteiger partial charge in [0.05, 0.1) is 11.4 Å². The van der Waals surface area contributed by atoms with Crippen LogP contribution in [0.3, 0.4) is 0 Å². The molecule has 0 saturated carbocycles. The molecule has 3 heterocycles. The molecule has 28 heavy (non-hydrogen) atoms. The second-order valence-corrected chi connectivity index (χ2v) is 7.59. The number of nitrogens with one attached hydrogen (secondary N) is 1. The zero-order chi connectivity index (χ0) is 19.1. The number of aromatic nitrogens is 2. The third-order valence-electron chi connectivity index (χ3n) is 4.74. The Bertz CT molecular complexity index is 1070. The average Bonchev–Trinajstić information content (AvgIpc) is 3.33. The van der Waals surface area contributed by atoms with E-state index in [1.54, 1.807) is 35.0 Å². The predicted octanol–water partition coefficient (Wildman–Crippen LogP) is 3.78. The number of amides is 1. The highest BCUT2D eigenvalue weighted by atomic mass is 32.2. The van der Waals surface area contributed by atoms with Crippen LogP contribution in [0, 0.1) is 5.82 Å². The van der Waals surface area contributed by atoms with Crippen LogP contribution in [0.4, 0.5) is 10.2 Å². The molecule has 0 bridgehead atoms. The van der Waals surface area contributed by atoms with E-state index in [2.05, 4.69) is 10.4 Å². The highest BCUT2D eigenvalue weighted by molar-refractivity contribution is 7.98. The number of benzene rings is 2. The maximum absolute atomic E-state index is 13.3. The lowest BCUT2D eigenvalue weighted by Gasteiger charge is -2.13. The fourth-order valence-electron chi connectivity index (χ4n) is 3.33. The third kappa shape index (κ3) is 2.99. The van der Waals surface area contributed by atoms with E-state index in [1.165, 1.54) is 12.1 Å². The van der Waals surface area contributed by atoms with Gasteiger partial charge in [-0.05, 0) is 54.6 Å². The molecule has 2 aliphatic rings. The molecule has 1 amide bonds. The lowest BCUT2D eigenvalue weighted by molar-refractivity contribution is 0.102. The number of fused-ring (bicyclic) bond motifs is 2. The van der Waals surface area contributed by atoms with Crippen LogP contribution in [0.1, 0.15) is 21.6 Å². The summed E-state index contributed by atoms with van der Waals surface area (Å²) in [6.45, 7) is 0.156. The van der Waals surface area contributed by atoms with Crippen molar-refractivity contribution in [3.05, 3.63) is 65.1 Å². The van der Waals surface area contributed by atoms with Gasteiger partial charge >= 0.3 is 0 Å². The summed E-state index contributed by atoms with van der Waals surface area (Å²) in [5.74, 6) is 2.99. The molecule has 5 rings (SSSR count). The lowest BCUT2D eigenvalue weighted by atomic mass is 10.1. The van der Waals surface area contributed by atoms with Crippen molar-refractivity contribution in [3.63, 3.8) is 0 Å². The number of nitrogens with zero attached hydrogens (tertiary/aromatic N) is 2. The molecule has 0 atom stereocenters. The Balaban J connectivity index is 1.52. The van der Waals surface area contributed by atoms with Crippen LogP contribution in [0.25, 0.3) is 5.69 Å². The summed E-state index contributed by atoms with van der Waals surface area (Å²) in [5.41, 5.74) is 3.13. The Morgan fingerprint density at radius 1 is 1.14 bits per heavy atom. The number of hydrogen-bond donors (Lipinski definition) is 1. The Kier molecular flexibility index (Phi) is 4.20. The molecule has 0 unspecified atom stereocenters. The molecule has 0 aliphatic carbocycles. The molecule has 0 fully saturated rings. The monoisotopic (exact) mass is 397 g/mol. The first-order valence-electron chi connectivity index (χ1n) is 8.84. The van der Waals surface area contributed by atoms with Gasteiger partial charge in [0.15, 0.2) is 11.5 Å². The van der Waals surface area contributed by atoms with Gasteiger partial charge in [0.25, 0.3) is 5.91 Å². The minimum atomic E-state index is -0.317. The number of carbonyl (C=O) groups excluding carboxylic acids is 1. The Morgan fingerprint density at radius 3 is 2.82 bits per heavy atom. The number of halogens is 1. The largest absolute Gasteiger partial charge is 0.454 e. The van der Waals surface area contributed by atoms with Crippen molar-refractivity contribution in [1.82, 2.24) is 9.78 Å². The number of rotatable bonds is 3. The standard InChI is InChI=1S/C20H16FN3O3S/c21-13-2-4-14(5-3-13)24-19(15-7-8-28-10-16(15)23-24)22-20(25)12-1-6-17-18(9-12)27-11-26-17/h1-6,9H,7-8,10-11H2,(H,22,25). The van der Waals surface area contributed by atoms with Gasteiger partial charge in [0.1, 0.15) is 11.6 Å². The van der Waals surface area contributed by atoms with Crippen LogP contribution in [0.2, 0.25) is 0 Å².